The Morgan fingerprint density at radius 1 is 1.57 bits per heavy atom. The molecule has 1 aliphatic heterocycles. The highest BCUT2D eigenvalue weighted by molar-refractivity contribution is 9.10. The summed E-state index contributed by atoms with van der Waals surface area (Å²) in [7, 11) is 0. The summed E-state index contributed by atoms with van der Waals surface area (Å²) in [6, 6.07) is 6.25. The number of ether oxygens (including phenoxy) is 1. The van der Waals surface area contributed by atoms with Gasteiger partial charge in [0.25, 0.3) is 0 Å². The Hall–Kier alpha value is -0.610. The maximum Gasteiger partial charge on any atom is 0.214 e. The first-order valence-corrected chi connectivity index (χ1v) is 5.56. The molecule has 4 heteroatoms. The van der Waals surface area contributed by atoms with E-state index in [1.165, 1.54) is 0 Å². The summed E-state index contributed by atoms with van der Waals surface area (Å²) in [6.45, 7) is 3.08. The number of rotatable bonds is 2. The van der Waals surface area contributed by atoms with Crippen molar-refractivity contribution in [3.8, 4) is 5.88 Å². The van der Waals surface area contributed by atoms with E-state index in [9.17, 15) is 0 Å². The molecule has 0 radical (unpaired) electrons. The number of hydrogen-bond donors (Lipinski definition) is 1. The molecule has 0 bridgehead atoms. The van der Waals surface area contributed by atoms with Gasteiger partial charge >= 0.3 is 0 Å². The van der Waals surface area contributed by atoms with Crippen molar-refractivity contribution in [2.24, 2.45) is 0 Å². The van der Waals surface area contributed by atoms with E-state index < -0.39 is 0 Å². The topological polar surface area (TPSA) is 34.1 Å². The molecule has 0 spiro atoms. The molecule has 2 atom stereocenters. The predicted octanol–water partition coefficient (Wildman–Crippen LogP) is 1.97. The predicted molar refractivity (Wildman–Crippen MR) is 58.4 cm³/mol. The fourth-order valence-corrected chi connectivity index (χ4v) is 1.94. The van der Waals surface area contributed by atoms with Crippen molar-refractivity contribution in [2.75, 3.05) is 6.54 Å². The molecule has 1 N–H and O–H groups in total. The van der Waals surface area contributed by atoms with Gasteiger partial charge in [0.05, 0.1) is 0 Å². The van der Waals surface area contributed by atoms with E-state index in [2.05, 4.69) is 33.2 Å². The molecule has 2 rings (SSSR count). The molecule has 3 nitrogen and oxygen atoms in total. The highest BCUT2D eigenvalue weighted by Crippen LogP contribution is 2.17. The van der Waals surface area contributed by atoms with Crippen LogP contribution in [0.15, 0.2) is 22.8 Å². The van der Waals surface area contributed by atoms with Crippen molar-refractivity contribution in [3.05, 3.63) is 22.8 Å². The van der Waals surface area contributed by atoms with Gasteiger partial charge in [-0.3, -0.25) is 0 Å². The number of pyridine rings is 1. The normalized spacial score (nSPS) is 26.4. The SMILES string of the molecule is C[C@H]1C[C@H](Oc2cccc(Br)n2)CN1. The molecule has 0 unspecified atom stereocenters. The van der Waals surface area contributed by atoms with Gasteiger partial charge < -0.3 is 10.1 Å². The summed E-state index contributed by atoms with van der Waals surface area (Å²) >= 11 is 3.32. The van der Waals surface area contributed by atoms with E-state index in [1.807, 2.05) is 18.2 Å². The molecule has 1 saturated heterocycles. The van der Waals surface area contributed by atoms with Crippen LogP contribution in [-0.2, 0) is 0 Å². The van der Waals surface area contributed by atoms with Crippen LogP contribution in [0.4, 0.5) is 0 Å². The molecule has 1 aliphatic rings. The monoisotopic (exact) mass is 256 g/mol. The van der Waals surface area contributed by atoms with Crippen molar-refractivity contribution in [3.63, 3.8) is 0 Å². The molecule has 1 aromatic heterocycles. The zero-order valence-electron chi connectivity index (χ0n) is 8.03. The van der Waals surface area contributed by atoms with Crippen LogP contribution in [0.25, 0.3) is 0 Å². The minimum Gasteiger partial charge on any atom is -0.473 e. The van der Waals surface area contributed by atoms with E-state index in [-0.39, 0.29) is 6.10 Å². The highest BCUT2D eigenvalue weighted by Gasteiger charge is 2.22. The lowest BCUT2D eigenvalue weighted by molar-refractivity contribution is 0.211. The van der Waals surface area contributed by atoms with Crippen molar-refractivity contribution < 1.29 is 4.74 Å². The van der Waals surface area contributed by atoms with Gasteiger partial charge in [0.1, 0.15) is 10.7 Å². The Balaban J connectivity index is 1.97. The fourth-order valence-electron chi connectivity index (χ4n) is 1.61. The molecule has 14 heavy (non-hydrogen) atoms. The standard InChI is InChI=1S/C10H13BrN2O/c1-7-5-8(6-12-7)14-10-4-2-3-9(11)13-10/h2-4,7-8,12H,5-6H2,1H3/t7-,8-/m0/s1. The number of halogens is 1. The first kappa shape index (κ1) is 9.93. The van der Waals surface area contributed by atoms with Crippen LogP contribution < -0.4 is 10.1 Å². The second kappa shape index (κ2) is 4.28. The van der Waals surface area contributed by atoms with Gasteiger partial charge in [-0.1, -0.05) is 6.07 Å². The third-order valence-corrected chi connectivity index (χ3v) is 2.73. The lowest BCUT2D eigenvalue weighted by atomic mass is 10.2. The second-order valence-electron chi connectivity index (χ2n) is 3.58. The van der Waals surface area contributed by atoms with E-state index >= 15 is 0 Å². The van der Waals surface area contributed by atoms with Crippen molar-refractivity contribution in [2.45, 2.75) is 25.5 Å². The number of nitrogens with one attached hydrogen (secondary N) is 1. The number of aromatic nitrogens is 1. The maximum absolute atomic E-state index is 5.72. The Labute approximate surface area is 92.0 Å². The first-order valence-electron chi connectivity index (χ1n) is 4.76. The highest BCUT2D eigenvalue weighted by atomic mass is 79.9. The largest absolute Gasteiger partial charge is 0.473 e. The van der Waals surface area contributed by atoms with Gasteiger partial charge in [0, 0.05) is 25.1 Å². The molecule has 0 amide bonds. The summed E-state index contributed by atoms with van der Waals surface area (Å²) in [6.07, 6.45) is 1.31. The Bertz CT molecular complexity index is 319. The maximum atomic E-state index is 5.72. The van der Waals surface area contributed by atoms with Crippen LogP contribution in [0.5, 0.6) is 5.88 Å². The first-order chi connectivity index (χ1) is 6.74. The van der Waals surface area contributed by atoms with Gasteiger partial charge in [-0.2, -0.15) is 0 Å². The Kier molecular flexibility index (Phi) is 3.03. The molecule has 0 aromatic carbocycles. The third kappa shape index (κ3) is 2.45. The lowest BCUT2D eigenvalue weighted by Gasteiger charge is -2.11. The van der Waals surface area contributed by atoms with Crippen molar-refractivity contribution >= 4 is 15.9 Å². The third-order valence-electron chi connectivity index (χ3n) is 2.29. The fraction of sp³-hybridized carbons (Fsp3) is 0.500. The minimum absolute atomic E-state index is 0.256. The Morgan fingerprint density at radius 2 is 2.43 bits per heavy atom. The van der Waals surface area contributed by atoms with E-state index in [0.717, 1.165) is 17.6 Å². The van der Waals surface area contributed by atoms with Crippen LogP contribution in [0.2, 0.25) is 0 Å². The molecule has 2 heterocycles. The molecular formula is C10H13BrN2O. The molecule has 0 aliphatic carbocycles. The van der Waals surface area contributed by atoms with Crippen LogP contribution in [-0.4, -0.2) is 23.7 Å². The lowest BCUT2D eigenvalue weighted by Crippen LogP contribution is -2.20. The number of nitrogens with zero attached hydrogens (tertiary/aromatic N) is 1. The molecule has 76 valence electrons. The summed E-state index contributed by atoms with van der Waals surface area (Å²) in [5, 5.41) is 3.34. The zero-order valence-corrected chi connectivity index (χ0v) is 9.62. The molecular weight excluding hydrogens is 244 g/mol. The summed E-state index contributed by atoms with van der Waals surface area (Å²) < 4.78 is 6.54. The smallest absolute Gasteiger partial charge is 0.214 e. The van der Waals surface area contributed by atoms with Crippen LogP contribution in [0, 0.1) is 0 Å². The molecule has 0 saturated carbocycles. The van der Waals surface area contributed by atoms with Gasteiger partial charge in [-0.25, -0.2) is 4.98 Å². The summed E-state index contributed by atoms with van der Waals surface area (Å²) in [5.74, 6) is 0.695. The van der Waals surface area contributed by atoms with E-state index in [4.69, 9.17) is 4.74 Å². The minimum atomic E-state index is 0.256. The average molecular weight is 257 g/mol. The molecule has 1 aromatic rings. The summed E-state index contributed by atoms with van der Waals surface area (Å²) in [4.78, 5) is 4.23. The quantitative estimate of drug-likeness (QED) is 0.822. The average Bonchev–Trinajstić information content (AvgIpc) is 2.51. The Morgan fingerprint density at radius 3 is 3.07 bits per heavy atom. The van der Waals surface area contributed by atoms with Gasteiger partial charge in [-0.05, 0) is 28.9 Å². The summed E-state index contributed by atoms with van der Waals surface area (Å²) in [5.41, 5.74) is 0. The molecule has 1 fully saturated rings. The van der Waals surface area contributed by atoms with Crippen LogP contribution in [0.1, 0.15) is 13.3 Å². The van der Waals surface area contributed by atoms with Gasteiger partial charge in [-0.15, -0.1) is 0 Å². The van der Waals surface area contributed by atoms with E-state index in [0.29, 0.717) is 11.9 Å². The number of hydrogen-bond acceptors (Lipinski definition) is 3. The van der Waals surface area contributed by atoms with Crippen LogP contribution >= 0.6 is 15.9 Å². The van der Waals surface area contributed by atoms with Gasteiger partial charge in [0.2, 0.25) is 5.88 Å². The van der Waals surface area contributed by atoms with Crippen molar-refractivity contribution in [1.29, 1.82) is 0 Å². The second-order valence-corrected chi connectivity index (χ2v) is 4.40. The van der Waals surface area contributed by atoms with Crippen molar-refractivity contribution in [1.82, 2.24) is 10.3 Å². The van der Waals surface area contributed by atoms with E-state index in [1.54, 1.807) is 0 Å². The zero-order chi connectivity index (χ0) is 9.97. The van der Waals surface area contributed by atoms with Gasteiger partial charge in [0.15, 0.2) is 0 Å². The van der Waals surface area contributed by atoms with Crippen LogP contribution in [0.3, 0.4) is 0 Å².